The van der Waals surface area contributed by atoms with Crippen molar-refractivity contribution in [1.29, 1.82) is 0 Å². The fourth-order valence-corrected chi connectivity index (χ4v) is 3.03. The van der Waals surface area contributed by atoms with Gasteiger partial charge in [0.2, 0.25) is 0 Å². The lowest BCUT2D eigenvalue weighted by Gasteiger charge is -2.34. The lowest BCUT2D eigenvalue weighted by atomic mass is 10.2. The number of nitrogens with one attached hydrogen (secondary N) is 1. The second-order valence-corrected chi connectivity index (χ2v) is 6.27. The van der Waals surface area contributed by atoms with E-state index >= 15 is 0 Å². The summed E-state index contributed by atoms with van der Waals surface area (Å²) in [6.45, 7) is 9.23. The molecular formula is C19H25N5O2. The van der Waals surface area contributed by atoms with Crippen LogP contribution >= 0.6 is 0 Å². The van der Waals surface area contributed by atoms with Crippen molar-refractivity contribution in [3.8, 4) is 0 Å². The molecule has 7 nitrogen and oxygen atoms in total. The van der Waals surface area contributed by atoms with Crippen molar-refractivity contribution in [3.05, 3.63) is 41.7 Å². The number of esters is 1. The number of carbonyl (C=O) groups excluding carboxylic acids is 1. The van der Waals surface area contributed by atoms with Gasteiger partial charge in [0, 0.05) is 37.9 Å². The summed E-state index contributed by atoms with van der Waals surface area (Å²) in [7, 11) is 1.38. The van der Waals surface area contributed by atoms with E-state index in [2.05, 4.69) is 32.0 Å². The average molecular weight is 355 g/mol. The zero-order valence-electron chi connectivity index (χ0n) is 15.5. The van der Waals surface area contributed by atoms with Crippen LogP contribution in [0.1, 0.15) is 23.1 Å². The van der Waals surface area contributed by atoms with Crippen molar-refractivity contribution in [3.63, 3.8) is 0 Å². The normalized spacial score (nSPS) is 15.0. The molecule has 0 aliphatic carbocycles. The summed E-state index contributed by atoms with van der Waals surface area (Å²) >= 11 is 0. The Balaban J connectivity index is 1.72. The first kappa shape index (κ1) is 18.1. The van der Waals surface area contributed by atoms with Crippen LogP contribution in [0.5, 0.6) is 0 Å². The van der Waals surface area contributed by atoms with Gasteiger partial charge in [0.15, 0.2) is 0 Å². The van der Waals surface area contributed by atoms with Gasteiger partial charge in [0.1, 0.15) is 17.5 Å². The number of piperazine rings is 1. The Hall–Kier alpha value is -2.67. The van der Waals surface area contributed by atoms with Gasteiger partial charge in [0.05, 0.1) is 12.7 Å². The Morgan fingerprint density at radius 3 is 2.46 bits per heavy atom. The molecule has 0 amide bonds. The van der Waals surface area contributed by atoms with Gasteiger partial charge in [-0.25, -0.2) is 14.8 Å². The van der Waals surface area contributed by atoms with E-state index in [1.807, 2.05) is 25.1 Å². The minimum atomic E-state index is -0.345. The van der Waals surface area contributed by atoms with Gasteiger partial charge in [-0.05, 0) is 37.7 Å². The van der Waals surface area contributed by atoms with E-state index in [0.717, 1.165) is 55.9 Å². The van der Waals surface area contributed by atoms with E-state index in [4.69, 9.17) is 4.74 Å². The van der Waals surface area contributed by atoms with E-state index in [0.29, 0.717) is 5.56 Å². The van der Waals surface area contributed by atoms with Gasteiger partial charge >= 0.3 is 5.97 Å². The van der Waals surface area contributed by atoms with Gasteiger partial charge in [-0.1, -0.05) is 6.92 Å². The first-order chi connectivity index (χ1) is 12.6. The summed E-state index contributed by atoms with van der Waals surface area (Å²) in [6.07, 6.45) is 0. The molecule has 1 aromatic carbocycles. The van der Waals surface area contributed by atoms with Gasteiger partial charge in [-0.3, -0.25) is 0 Å². The van der Waals surface area contributed by atoms with Crippen LogP contribution in [0.2, 0.25) is 0 Å². The molecule has 2 heterocycles. The third kappa shape index (κ3) is 4.29. The molecule has 0 bridgehead atoms. The largest absolute Gasteiger partial charge is 0.465 e. The Kier molecular flexibility index (Phi) is 5.68. The van der Waals surface area contributed by atoms with Crippen molar-refractivity contribution < 1.29 is 9.53 Å². The van der Waals surface area contributed by atoms with Crippen LogP contribution in [-0.4, -0.2) is 60.7 Å². The minimum absolute atomic E-state index is 0.345. The van der Waals surface area contributed by atoms with Crippen molar-refractivity contribution >= 4 is 23.3 Å². The highest BCUT2D eigenvalue weighted by Crippen LogP contribution is 2.21. The standard InChI is InChI=1S/C19H25N5O2/c1-4-23-9-11-24(12-10-23)18-13-17(20-14(2)21-18)22-16-7-5-15(6-8-16)19(25)26-3/h5-8,13H,4,9-12H2,1-3H3,(H,20,21,22). The molecule has 1 fully saturated rings. The fourth-order valence-electron chi connectivity index (χ4n) is 3.03. The molecule has 0 unspecified atom stereocenters. The number of hydrogen-bond donors (Lipinski definition) is 1. The number of benzene rings is 1. The van der Waals surface area contributed by atoms with E-state index in [1.165, 1.54) is 7.11 Å². The van der Waals surface area contributed by atoms with Crippen LogP contribution in [0, 0.1) is 6.92 Å². The van der Waals surface area contributed by atoms with Crippen molar-refractivity contribution in [2.45, 2.75) is 13.8 Å². The summed E-state index contributed by atoms with van der Waals surface area (Å²) in [6, 6.07) is 9.11. The molecule has 0 radical (unpaired) electrons. The smallest absolute Gasteiger partial charge is 0.337 e. The first-order valence-corrected chi connectivity index (χ1v) is 8.87. The maximum absolute atomic E-state index is 11.5. The van der Waals surface area contributed by atoms with E-state index in [-0.39, 0.29) is 5.97 Å². The number of methoxy groups -OCH3 is 1. The van der Waals surface area contributed by atoms with Crippen LogP contribution in [0.4, 0.5) is 17.3 Å². The minimum Gasteiger partial charge on any atom is -0.465 e. The maximum atomic E-state index is 11.5. The number of likely N-dealkylation sites (N-methyl/N-ethyl adjacent to an activating group) is 1. The van der Waals surface area contributed by atoms with Crippen molar-refractivity contribution in [2.24, 2.45) is 0 Å². The van der Waals surface area contributed by atoms with E-state index in [9.17, 15) is 4.79 Å². The number of hydrogen-bond acceptors (Lipinski definition) is 7. The number of anilines is 3. The number of nitrogens with zero attached hydrogens (tertiary/aromatic N) is 4. The number of rotatable bonds is 5. The predicted molar refractivity (Wildman–Crippen MR) is 102 cm³/mol. The highest BCUT2D eigenvalue weighted by atomic mass is 16.5. The number of ether oxygens (including phenoxy) is 1. The Bertz CT molecular complexity index is 755. The molecule has 1 saturated heterocycles. The topological polar surface area (TPSA) is 70.6 Å². The lowest BCUT2D eigenvalue weighted by molar-refractivity contribution is 0.0601. The molecular weight excluding hydrogens is 330 g/mol. The molecule has 1 aromatic heterocycles. The number of aromatic nitrogens is 2. The SMILES string of the molecule is CCN1CCN(c2cc(Nc3ccc(C(=O)OC)cc3)nc(C)n2)CC1. The monoisotopic (exact) mass is 355 g/mol. The number of aryl methyl sites for hydroxylation is 1. The summed E-state index contributed by atoms with van der Waals surface area (Å²) < 4.78 is 4.72. The highest BCUT2D eigenvalue weighted by Gasteiger charge is 2.18. The van der Waals surface area contributed by atoms with Crippen LogP contribution < -0.4 is 10.2 Å². The molecule has 0 saturated carbocycles. The molecule has 26 heavy (non-hydrogen) atoms. The lowest BCUT2D eigenvalue weighted by Crippen LogP contribution is -2.46. The van der Waals surface area contributed by atoms with E-state index < -0.39 is 0 Å². The van der Waals surface area contributed by atoms with Crippen molar-refractivity contribution in [1.82, 2.24) is 14.9 Å². The molecule has 1 N–H and O–H groups in total. The third-order valence-corrected chi connectivity index (χ3v) is 4.55. The van der Waals surface area contributed by atoms with Crippen LogP contribution in [0.25, 0.3) is 0 Å². The zero-order valence-corrected chi connectivity index (χ0v) is 15.5. The molecule has 3 rings (SSSR count). The molecule has 7 heteroatoms. The fraction of sp³-hybridized carbons (Fsp3) is 0.421. The second-order valence-electron chi connectivity index (χ2n) is 6.27. The maximum Gasteiger partial charge on any atom is 0.337 e. The Morgan fingerprint density at radius 2 is 1.85 bits per heavy atom. The summed E-state index contributed by atoms with van der Waals surface area (Å²) in [5.74, 6) is 2.08. The Labute approximate surface area is 154 Å². The van der Waals surface area contributed by atoms with Crippen LogP contribution in [0.15, 0.2) is 30.3 Å². The van der Waals surface area contributed by atoms with Gasteiger partial charge in [0.25, 0.3) is 0 Å². The Morgan fingerprint density at radius 1 is 1.15 bits per heavy atom. The third-order valence-electron chi connectivity index (χ3n) is 4.55. The predicted octanol–water partition coefficient (Wildman–Crippen LogP) is 2.46. The molecule has 2 aromatic rings. The van der Waals surface area contributed by atoms with Crippen LogP contribution in [-0.2, 0) is 4.74 Å². The first-order valence-electron chi connectivity index (χ1n) is 8.87. The van der Waals surface area contributed by atoms with E-state index in [1.54, 1.807) is 12.1 Å². The molecule has 0 spiro atoms. The zero-order chi connectivity index (χ0) is 18.5. The van der Waals surface area contributed by atoms with Gasteiger partial charge in [-0.2, -0.15) is 0 Å². The summed E-state index contributed by atoms with van der Waals surface area (Å²) in [5, 5.41) is 3.29. The molecule has 1 aliphatic heterocycles. The highest BCUT2D eigenvalue weighted by molar-refractivity contribution is 5.89. The quantitative estimate of drug-likeness (QED) is 0.826. The molecule has 138 valence electrons. The summed E-state index contributed by atoms with van der Waals surface area (Å²) in [4.78, 5) is 25.3. The number of carbonyl (C=O) groups is 1. The van der Waals surface area contributed by atoms with Crippen LogP contribution in [0.3, 0.4) is 0 Å². The summed E-state index contributed by atoms with van der Waals surface area (Å²) in [5.41, 5.74) is 1.38. The van der Waals surface area contributed by atoms with Gasteiger partial charge in [-0.15, -0.1) is 0 Å². The van der Waals surface area contributed by atoms with Crippen molar-refractivity contribution in [2.75, 3.05) is 50.1 Å². The molecule has 1 aliphatic rings. The average Bonchev–Trinajstić information content (AvgIpc) is 2.67. The van der Waals surface area contributed by atoms with Gasteiger partial charge < -0.3 is 19.9 Å². The second kappa shape index (κ2) is 8.14. The molecule has 0 atom stereocenters.